The molecule has 2 aliphatic heterocycles. The van der Waals surface area contributed by atoms with Crippen molar-refractivity contribution in [3.8, 4) is 6.07 Å². The lowest BCUT2D eigenvalue weighted by molar-refractivity contribution is -0.140. The van der Waals surface area contributed by atoms with E-state index in [0.717, 1.165) is 49.0 Å². The van der Waals surface area contributed by atoms with E-state index < -0.39 is 18.4 Å². The van der Waals surface area contributed by atoms with Crippen molar-refractivity contribution in [2.75, 3.05) is 24.5 Å². The second-order valence-corrected chi connectivity index (χ2v) is 8.78. The molecule has 1 N–H and O–H groups in total. The fourth-order valence-corrected chi connectivity index (χ4v) is 5.02. The predicted molar refractivity (Wildman–Crippen MR) is 119 cm³/mol. The lowest BCUT2D eigenvalue weighted by Gasteiger charge is -2.33. The zero-order chi connectivity index (χ0) is 22.0. The van der Waals surface area contributed by atoms with Gasteiger partial charge in [-0.15, -0.1) is 0 Å². The summed E-state index contributed by atoms with van der Waals surface area (Å²) in [4.78, 5) is 40.2. The van der Waals surface area contributed by atoms with Gasteiger partial charge in [-0.2, -0.15) is 5.26 Å². The number of rotatable bonds is 5. The third-order valence-electron chi connectivity index (χ3n) is 5.26. The number of piperidine rings is 1. The van der Waals surface area contributed by atoms with E-state index in [4.69, 9.17) is 17.3 Å². The zero-order valence-corrected chi connectivity index (χ0v) is 18.4. The Balaban J connectivity index is 2.21. The number of thiocarbonyl (C=S) groups is 1. The molecule has 0 saturated carbocycles. The van der Waals surface area contributed by atoms with Crippen molar-refractivity contribution in [2.45, 2.75) is 39.7 Å². The number of aromatic nitrogens is 1. The maximum atomic E-state index is 12.9. The molecule has 2 saturated heterocycles. The molecule has 2 fully saturated rings. The lowest BCUT2D eigenvalue weighted by Crippen LogP contribution is -2.37. The molecule has 3 rings (SSSR count). The normalized spacial score (nSPS) is 18.2. The molecule has 0 unspecified atom stereocenters. The minimum atomic E-state index is -1.15. The van der Waals surface area contributed by atoms with Gasteiger partial charge in [0.25, 0.3) is 11.5 Å². The van der Waals surface area contributed by atoms with Crippen LogP contribution < -0.4 is 10.5 Å². The van der Waals surface area contributed by atoms with E-state index in [1.54, 1.807) is 17.6 Å². The fourth-order valence-electron chi connectivity index (χ4n) is 3.79. The SMILES string of the molecule is CCn1c(N2CCCCC2)c(C=C2SC(=S)N(CC(=O)O)C2=O)c(C)c(C#N)c1=O. The summed E-state index contributed by atoms with van der Waals surface area (Å²) >= 11 is 6.21. The third kappa shape index (κ3) is 4.00. The molecular formula is C20H22N4O4S2. The van der Waals surface area contributed by atoms with Crippen LogP contribution in [0.1, 0.15) is 42.9 Å². The molecule has 0 atom stereocenters. The Hall–Kier alpha value is -2.64. The Morgan fingerprint density at radius 1 is 1.30 bits per heavy atom. The molecule has 8 nitrogen and oxygen atoms in total. The number of carbonyl (C=O) groups is 2. The van der Waals surface area contributed by atoms with Crippen molar-refractivity contribution in [3.63, 3.8) is 0 Å². The number of hydrogen-bond acceptors (Lipinski definition) is 7. The van der Waals surface area contributed by atoms with Crippen molar-refractivity contribution in [2.24, 2.45) is 0 Å². The molecule has 0 aliphatic carbocycles. The van der Waals surface area contributed by atoms with Gasteiger partial charge in [-0.1, -0.05) is 24.0 Å². The van der Waals surface area contributed by atoms with E-state index in [-0.39, 0.29) is 20.3 Å². The number of nitrogens with zero attached hydrogens (tertiary/aromatic N) is 4. The molecule has 1 amide bonds. The van der Waals surface area contributed by atoms with Crippen LogP contribution in [0.3, 0.4) is 0 Å². The first kappa shape index (κ1) is 22.1. The second kappa shape index (κ2) is 9.02. The first-order chi connectivity index (χ1) is 14.3. The first-order valence-corrected chi connectivity index (χ1v) is 10.9. The summed E-state index contributed by atoms with van der Waals surface area (Å²) in [6, 6.07) is 2.00. The minimum absolute atomic E-state index is 0.0462. The highest BCUT2D eigenvalue weighted by Crippen LogP contribution is 2.36. The fraction of sp³-hybridized carbons (Fsp3) is 0.450. The molecule has 1 aromatic rings. The van der Waals surface area contributed by atoms with Crippen LogP contribution in [-0.2, 0) is 16.1 Å². The topological polar surface area (TPSA) is 107 Å². The Labute approximate surface area is 183 Å². The average Bonchev–Trinajstić information content (AvgIpc) is 2.97. The molecule has 0 radical (unpaired) electrons. The van der Waals surface area contributed by atoms with Crippen LogP contribution >= 0.6 is 24.0 Å². The maximum absolute atomic E-state index is 12.9. The number of nitriles is 1. The van der Waals surface area contributed by atoms with Crippen molar-refractivity contribution in [1.29, 1.82) is 5.26 Å². The highest BCUT2D eigenvalue weighted by molar-refractivity contribution is 8.26. The molecule has 158 valence electrons. The number of anilines is 1. The van der Waals surface area contributed by atoms with Crippen LogP contribution in [0.5, 0.6) is 0 Å². The van der Waals surface area contributed by atoms with Gasteiger partial charge in [0.2, 0.25) is 0 Å². The van der Waals surface area contributed by atoms with Gasteiger partial charge in [0.15, 0.2) is 0 Å². The van der Waals surface area contributed by atoms with Crippen molar-refractivity contribution in [1.82, 2.24) is 9.47 Å². The monoisotopic (exact) mass is 446 g/mol. The second-order valence-electron chi connectivity index (χ2n) is 7.11. The molecule has 0 bridgehead atoms. The Morgan fingerprint density at radius 3 is 2.53 bits per heavy atom. The molecule has 30 heavy (non-hydrogen) atoms. The van der Waals surface area contributed by atoms with E-state index in [1.165, 1.54) is 0 Å². The number of carboxylic acids is 1. The molecule has 0 spiro atoms. The van der Waals surface area contributed by atoms with Gasteiger partial charge in [0.05, 0.1) is 4.91 Å². The maximum Gasteiger partial charge on any atom is 0.323 e. The van der Waals surface area contributed by atoms with Gasteiger partial charge in [-0.25, -0.2) is 0 Å². The summed E-state index contributed by atoms with van der Waals surface area (Å²) in [5.41, 5.74) is 0.848. The third-order valence-corrected chi connectivity index (χ3v) is 6.64. The van der Waals surface area contributed by atoms with Gasteiger partial charge in [-0.3, -0.25) is 23.9 Å². The smallest absolute Gasteiger partial charge is 0.323 e. The largest absolute Gasteiger partial charge is 0.480 e. The molecule has 3 heterocycles. The number of carboxylic acid groups (broad SMARTS) is 1. The molecular weight excluding hydrogens is 424 g/mol. The standard InChI is InChI=1S/C20H22N4O4S2/c1-3-23-17(22-7-5-4-6-8-22)13(12(2)14(10-21)18(23)27)9-15-19(28)24(11-16(25)26)20(29)30-15/h9H,3-8,11H2,1-2H3,(H,25,26). The summed E-state index contributed by atoms with van der Waals surface area (Å²) in [5, 5.41) is 18.6. The Morgan fingerprint density at radius 2 is 1.97 bits per heavy atom. The highest BCUT2D eigenvalue weighted by atomic mass is 32.2. The molecule has 1 aromatic heterocycles. The van der Waals surface area contributed by atoms with E-state index in [0.29, 0.717) is 23.5 Å². The Kier molecular flexibility index (Phi) is 6.63. The van der Waals surface area contributed by atoms with Crippen LogP contribution in [0.2, 0.25) is 0 Å². The molecule has 2 aliphatic rings. The summed E-state index contributed by atoms with van der Waals surface area (Å²) in [7, 11) is 0. The Bertz CT molecular complexity index is 1050. The number of thioether (sulfide) groups is 1. The van der Waals surface area contributed by atoms with Gasteiger partial charge < -0.3 is 10.0 Å². The first-order valence-electron chi connectivity index (χ1n) is 9.69. The van der Waals surface area contributed by atoms with Crippen LogP contribution in [-0.4, -0.2) is 50.4 Å². The van der Waals surface area contributed by atoms with Crippen LogP contribution in [0.4, 0.5) is 5.82 Å². The predicted octanol–water partition coefficient (Wildman–Crippen LogP) is 2.32. The van der Waals surface area contributed by atoms with Crippen molar-refractivity contribution >= 4 is 52.1 Å². The van der Waals surface area contributed by atoms with Crippen molar-refractivity contribution < 1.29 is 14.7 Å². The van der Waals surface area contributed by atoms with E-state index in [1.807, 2.05) is 13.0 Å². The summed E-state index contributed by atoms with van der Waals surface area (Å²) in [5.74, 6) is -0.935. The van der Waals surface area contributed by atoms with Gasteiger partial charge in [0.1, 0.15) is 28.3 Å². The van der Waals surface area contributed by atoms with E-state index in [9.17, 15) is 19.6 Å². The van der Waals surface area contributed by atoms with Crippen molar-refractivity contribution in [3.05, 3.63) is 31.9 Å². The minimum Gasteiger partial charge on any atom is -0.480 e. The van der Waals surface area contributed by atoms with Crippen LogP contribution in [0.25, 0.3) is 6.08 Å². The molecule has 0 aromatic carbocycles. The van der Waals surface area contributed by atoms with Crippen LogP contribution in [0.15, 0.2) is 9.70 Å². The van der Waals surface area contributed by atoms with Gasteiger partial charge in [0, 0.05) is 25.2 Å². The van der Waals surface area contributed by atoms with E-state index >= 15 is 0 Å². The van der Waals surface area contributed by atoms with Gasteiger partial charge >= 0.3 is 5.97 Å². The zero-order valence-electron chi connectivity index (χ0n) is 16.8. The number of carbonyl (C=O) groups excluding carboxylic acids is 1. The van der Waals surface area contributed by atoms with E-state index in [2.05, 4.69) is 4.90 Å². The summed E-state index contributed by atoms with van der Waals surface area (Å²) < 4.78 is 1.76. The number of amides is 1. The average molecular weight is 447 g/mol. The number of aliphatic carboxylic acids is 1. The lowest BCUT2D eigenvalue weighted by atomic mass is 10.0. The number of hydrogen-bond donors (Lipinski definition) is 1. The summed E-state index contributed by atoms with van der Waals surface area (Å²) in [6.07, 6.45) is 4.76. The summed E-state index contributed by atoms with van der Waals surface area (Å²) in [6.45, 7) is 5.01. The van der Waals surface area contributed by atoms with Crippen LogP contribution in [0, 0.1) is 18.3 Å². The van der Waals surface area contributed by atoms with Gasteiger partial charge in [-0.05, 0) is 44.7 Å². The molecule has 10 heteroatoms. The number of pyridine rings is 1. The highest BCUT2D eigenvalue weighted by Gasteiger charge is 2.34. The quantitative estimate of drug-likeness (QED) is 0.543.